The summed E-state index contributed by atoms with van der Waals surface area (Å²) in [6.45, 7) is 8.54. The van der Waals surface area contributed by atoms with Crippen LogP contribution in [-0.4, -0.2) is 0 Å². The van der Waals surface area contributed by atoms with Gasteiger partial charge in [0.2, 0.25) is 0 Å². The van der Waals surface area contributed by atoms with Crippen molar-refractivity contribution in [1.29, 1.82) is 15.8 Å². The molecule has 2 aliphatic rings. The number of nitrogens with two attached hydrogens (primary N) is 1. The van der Waals surface area contributed by atoms with Crippen molar-refractivity contribution < 1.29 is 0 Å². The number of hydrogen-bond acceptors (Lipinski definition) is 4. The molecule has 3 atom stereocenters. The maximum Gasteiger partial charge on any atom is 0.187 e. The van der Waals surface area contributed by atoms with E-state index >= 15 is 0 Å². The predicted octanol–water partition coefficient (Wildman–Crippen LogP) is 3.40. The molecule has 0 bridgehead atoms. The second-order valence-corrected chi connectivity index (χ2v) is 7.52. The van der Waals surface area contributed by atoms with Crippen LogP contribution in [0.1, 0.15) is 40.5 Å². The van der Waals surface area contributed by atoms with Gasteiger partial charge in [0.1, 0.15) is 6.07 Å². The molecule has 2 N–H and O–H groups in total. The maximum absolute atomic E-state index is 9.60. The Morgan fingerprint density at radius 3 is 2.27 bits per heavy atom. The third-order valence-corrected chi connectivity index (χ3v) is 5.52. The highest BCUT2D eigenvalue weighted by molar-refractivity contribution is 5.56. The lowest BCUT2D eigenvalue weighted by Gasteiger charge is -2.45. The van der Waals surface area contributed by atoms with Crippen molar-refractivity contribution in [3.05, 3.63) is 22.9 Å². The first-order valence-corrected chi connectivity index (χ1v) is 7.66. The predicted molar refractivity (Wildman–Crippen MR) is 83.4 cm³/mol. The summed E-state index contributed by atoms with van der Waals surface area (Å²) < 4.78 is 0. The van der Waals surface area contributed by atoms with E-state index in [9.17, 15) is 15.8 Å². The van der Waals surface area contributed by atoms with Gasteiger partial charge >= 0.3 is 0 Å². The van der Waals surface area contributed by atoms with Gasteiger partial charge in [-0.3, -0.25) is 0 Å². The van der Waals surface area contributed by atoms with E-state index in [2.05, 4.69) is 45.1 Å². The molecule has 0 saturated carbocycles. The second kappa shape index (κ2) is 5.19. The Morgan fingerprint density at radius 1 is 1.23 bits per heavy atom. The van der Waals surface area contributed by atoms with Gasteiger partial charge < -0.3 is 5.73 Å². The minimum absolute atomic E-state index is 0.0409. The van der Waals surface area contributed by atoms with Crippen molar-refractivity contribution in [2.45, 2.75) is 40.5 Å². The molecule has 0 aliphatic heterocycles. The molecule has 0 amide bonds. The van der Waals surface area contributed by atoms with Gasteiger partial charge in [0.15, 0.2) is 5.41 Å². The van der Waals surface area contributed by atoms with E-state index < -0.39 is 5.41 Å². The smallest absolute Gasteiger partial charge is 0.187 e. The van der Waals surface area contributed by atoms with E-state index in [1.807, 2.05) is 6.92 Å². The lowest BCUT2D eigenvalue weighted by molar-refractivity contribution is 0.151. The average molecular weight is 294 g/mol. The summed E-state index contributed by atoms with van der Waals surface area (Å²) in [6.07, 6.45) is 3.90. The molecule has 0 aromatic heterocycles. The zero-order chi connectivity index (χ0) is 16.7. The first-order valence-electron chi connectivity index (χ1n) is 7.66. The number of nitriles is 3. The Kier molecular flexibility index (Phi) is 3.80. The van der Waals surface area contributed by atoms with E-state index in [0.717, 1.165) is 18.4 Å². The normalized spacial score (nSPS) is 30.4. The third-order valence-electron chi connectivity index (χ3n) is 5.52. The van der Waals surface area contributed by atoms with Crippen molar-refractivity contribution in [1.82, 2.24) is 0 Å². The molecule has 0 spiro atoms. The van der Waals surface area contributed by atoms with Crippen molar-refractivity contribution in [2.75, 3.05) is 0 Å². The molecule has 0 radical (unpaired) electrons. The van der Waals surface area contributed by atoms with Crippen LogP contribution < -0.4 is 5.73 Å². The molecule has 4 heteroatoms. The fraction of sp³-hybridized carbons (Fsp3) is 0.611. The van der Waals surface area contributed by atoms with Crippen molar-refractivity contribution in [3.8, 4) is 18.2 Å². The molecule has 0 saturated heterocycles. The maximum atomic E-state index is 9.60. The van der Waals surface area contributed by atoms with E-state index in [0.29, 0.717) is 11.5 Å². The number of rotatable bonds is 0. The van der Waals surface area contributed by atoms with Gasteiger partial charge in [-0.05, 0) is 35.7 Å². The van der Waals surface area contributed by atoms with Crippen LogP contribution in [0.4, 0.5) is 0 Å². The zero-order valence-electron chi connectivity index (χ0n) is 13.6. The minimum atomic E-state index is -1.40. The number of allylic oxidation sites excluding steroid dienone is 4. The molecular formula is C18H22N4. The van der Waals surface area contributed by atoms with Crippen molar-refractivity contribution in [3.63, 3.8) is 0 Å². The SMILES string of the molecule is C[C@@H]1[C@H]2C[C@@H](C(C)(C)C)CC=C2C(C#N)=C(N)C1(C#N)C#N. The lowest BCUT2D eigenvalue weighted by atomic mass is 9.56. The summed E-state index contributed by atoms with van der Waals surface area (Å²) in [5.74, 6) is 0.299. The molecule has 0 unspecified atom stereocenters. The minimum Gasteiger partial charge on any atom is -0.399 e. The Bertz CT molecular complexity index is 656. The van der Waals surface area contributed by atoms with Crippen LogP contribution in [0.15, 0.2) is 22.9 Å². The van der Waals surface area contributed by atoms with Gasteiger partial charge in [0, 0.05) is 5.92 Å². The van der Waals surface area contributed by atoms with Gasteiger partial charge in [-0.2, -0.15) is 15.8 Å². The first-order chi connectivity index (χ1) is 10.2. The Balaban J connectivity index is 2.62. The number of fused-ring (bicyclic) bond motifs is 1. The van der Waals surface area contributed by atoms with Gasteiger partial charge in [0.25, 0.3) is 0 Å². The third kappa shape index (κ3) is 2.10. The summed E-state index contributed by atoms with van der Waals surface area (Å²) in [5.41, 5.74) is 6.25. The van der Waals surface area contributed by atoms with Gasteiger partial charge in [-0.25, -0.2) is 0 Å². The van der Waals surface area contributed by atoms with E-state index in [1.54, 1.807) is 0 Å². The molecule has 22 heavy (non-hydrogen) atoms. The van der Waals surface area contributed by atoms with Crippen LogP contribution in [0.3, 0.4) is 0 Å². The van der Waals surface area contributed by atoms with E-state index in [1.165, 1.54) is 0 Å². The van der Waals surface area contributed by atoms with Crippen LogP contribution >= 0.6 is 0 Å². The van der Waals surface area contributed by atoms with Crippen LogP contribution in [-0.2, 0) is 0 Å². The first kappa shape index (κ1) is 16.1. The second-order valence-electron chi connectivity index (χ2n) is 7.52. The van der Waals surface area contributed by atoms with Crippen molar-refractivity contribution >= 4 is 0 Å². The highest BCUT2D eigenvalue weighted by Gasteiger charge is 2.52. The summed E-state index contributed by atoms with van der Waals surface area (Å²) in [4.78, 5) is 0. The molecule has 0 aromatic carbocycles. The average Bonchev–Trinajstić information content (AvgIpc) is 2.48. The standard InChI is InChI=1S/C18H22N4/c1-11-14-7-12(17(2,3)4)5-6-13(14)15(8-19)16(22)18(11,9-20)10-21/h6,11-12,14H,5,7,22H2,1-4H3/t11-,12+,14-/m1/s1. The monoisotopic (exact) mass is 294 g/mol. The highest BCUT2D eigenvalue weighted by atomic mass is 14.7. The fourth-order valence-corrected chi connectivity index (χ4v) is 3.79. The highest BCUT2D eigenvalue weighted by Crippen LogP contribution is 2.53. The Labute approximate surface area is 132 Å². The van der Waals surface area contributed by atoms with E-state index in [4.69, 9.17) is 5.73 Å². The molecule has 0 heterocycles. The fourth-order valence-electron chi connectivity index (χ4n) is 3.79. The molecule has 2 rings (SSSR count). The summed E-state index contributed by atoms with van der Waals surface area (Å²) >= 11 is 0. The lowest BCUT2D eigenvalue weighted by Crippen LogP contribution is -2.44. The van der Waals surface area contributed by atoms with Crippen molar-refractivity contribution in [2.24, 2.45) is 34.3 Å². The topological polar surface area (TPSA) is 97.4 Å². The quantitative estimate of drug-likeness (QED) is 0.740. The zero-order valence-corrected chi connectivity index (χ0v) is 13.6. The summed E-state index contributed by atoms with van der Waals surface area (Å²) in [7, 11) is 0. The molecular weight excluding hydrogens is 272 g/mol. The van der Waals surface area contributed by atoms with Gasteiger partial charge in [-0.15, -0.1) is 0 Å². The molecule has 4 nitrogen and oxygen atoms in total. The van der Waals surface area contributed by atoms with E-state index in [-0.39, 0.29) is 22.9 Å². The summed E-state index contributed by atoms with van der Waals surface area (Å²) in [5, 5.41) is 28.7. The van der Waals surface area contributed by atoms with Crippen LogP contribution in [0.25, 0.3) is 0 Å². The number of hydrogen-bond donors (Lipinski definition) is 1. The molecule has 2 aliphatic carbocycles. The molecule has 0 aromatic rings. The number of nitrogens with zero attached hydrogens (tertiary/aromatic N) is 3. The Morgan fingerprint density at radius 2 is 1.82 bits per heavy atom. The van der Waals surface area contributed by atoms with Gasteiger partial charge in [-0.1, -0.05) is 33.8 Å². The summed E-state index contributed by atoms with van der Waals surface area (Å²) in [6, 6.07) is 6.32. The van der Waals surface area contributed by atoms with Crippen LogP contribution in [0.2, 0.25) is 0 Å². The Hall–Kier alpha value is -2.25. The largest absolute Gasteiger partial charge is 0.399 e. The van der Waals surface area contributed by atoms with Crippen LogP contribution in [0, 0.1) is 62.6 Å². The molecule has 0 fully saturated rings. The molecule has 114 valence electrons. The van der Waals surface area contributed by atoms with Gasteiger partial charge in [0.05, 0.1) is 23.4 Å². The van der Waals surface area contributed by atoms with Crippen LogP contribution in [0.5, 0.6) is 0 Å².